The molecule has 5 fully saturated rings. The Hall–Kier alpha value is -10.3. The number of hydrogen-bond acceptors (Lipinski definition) is 22. The number of carboxylic acid groups (broad SMARTS) is 3. The fourth-order valence-electron chi connectivity index (χ4n) is 19.9. The van der Waals surface area contributed by atoms with Crippen LogP contribution in [-0.2, 0) is 86.4 Å². The minimum Gasteiger partial charge on any atom is -0.480 e. The molecule has 0 spiro atoms. The van der Waals surface area contributed by atoms with E-state index in [9.17, 15) is 92.7 Å². The third-order valence-electron chi connectivity index (χ3n) is 26.9. The number of hydrogen-bond donors (Lipinski definition) is 19. The number of imidazole rings is 1. The molecule has 19 atom stereocenters. The molecule has 5 aliphatic rings. The number of aromatic nitrogens is 3. The van der Waals surface area contributed by atoms with Crippen molar-refractivity contribution in [3.8, 4) is 0 Å². The van der Waals surface area contributed by atoms with Gasteiger partial charge in [0.2, 0.25) is 59.1 Å². The van der Waals surface area contributed by atoms with Gasteiger partial charge in [0.05, 0.1) is 57.3 Å². The standard InChI is InChI=1S/C89H134N18O19/c1-50(2)35-70(87(125)126)103-84(122)67(36-55-15-11-10-12-16-55)101-85(123)69(40-59-43-92-49-96-59)100-80(118)53(6)98-86(124)79(51(3)4)104-81(119)54(7)97-83(121)68(37-56-42-93-65-18-14-13-17-61(56)65)102-82(120)66(23-24-73(90)111)94-44-60(108)20-19-52(5)62-21-22-63-78-64(41-72(110)89(62,63)9)88(8)26-25-58(38-57(88)39-71(78)109)99-74(112)45-95-75(113)46-105-29-27-91-28-30-106(47-76(114)115)32-34-107(33-31-105)48-77(116)117/h10-18,42-43,49-54,57-58,62-64,66-72,78-79,91,93-94,109-110H,19-41,44-48H2,1-9H3,(H2,90,111)(H,92,96)(H,95,113)(H,97,121)(H,98,124)(H,99,112)(H,100,118)(H,101,123)(H,102,120)(H,103,122)(H,104,119)(H,114,115)(H,116,117)(H,125,126)/t52-,53+,54+,57?,58+,62-,63+,64+,66+,67+,68+,69+,70+,71?,72?,78+,79+,88+,89-/m1/s1. The quantitative estimate of drug-likeness (QED) is 0.0282. The SMILES string of the molecule is CC(C)C[C@H](NC(=O)[C@H](Cc1ccccc1)NC(=O)[C@H](Cc1cnc[nH]1)NC(=O)[C@H](C)NC(=O)[C@@H](NC(=O)[C@H](C)NC(=O)[C@H](Cc1c[nH]c2ccccc12)NC(=O)[C@H](CCC(N)=O)NCC(=O)CC[C@@H](C)[C@H]1CC[C@H]2[C@@H]3C(O)CC4C[C@@H](NC(=O)CNC(=O)CN5CCNCCN(CC(=O)O)CCN(CC(=O)O)CC5)CC[C@]4(C)[C@H]3CC(O)[C@]12C)C(C)C)C(=O)O. The maximum atomic E-state index is 14.7. The van der Waals surface area contributed by atoms with Crippen molar-refractivity contribution in [2.24, 2.45) is 63.9 Å². The maximum Gasteiger partial charge on any atom is 0.326 e. The largest absolute Gasteiger partial charge is 0.480 e. The van der Waals surface area contributed by atoms with Gasteiger partial charge in [0, 0.05) is 119 Å². The van der Waals surface area contributed by atoms with Crippen LogP contribution in [0.5, 0.6) is 0 Å². The van der Waals surface area contributed by atoms with E-state index in [-0.39, 0.29) is 148 Å². The van der Waals surface area contributed by atoms with Crippen molar-refractivity contribution in [1.29, 1.82) is 0 Å². The first-order valence-corrected chi connectivity index (χ1v) is 44.5. The zero-order valence-corrected chi connectivity index (χ0v) is 74.0. The Morgan fingerprint density at radius 1 is 0.571 bits per heavy atom. The van der Waals surface area contributed by atoms with Gasteiger partial charge in [0.1, 0.15) is 48.1 Å². The van der Waals surface area contributed by atoms with Gasteiger partial charge in [-0.3, -0.25) is 82.3 Å². The van der Waals surface area contributed by atoms with E-state index < -0.39 is 137 Å². The number of para-hydroxylation sites is 1. The lowest BCUT2D eigenvalue weighted by Gasteiger charge is -2.63. The molecule has 10 amide bonds. The molecule has 2 aromatic heterocycles. The Balaban J connectivity index is 0.767. The van der Waals surface area contributed by atoms with Crippen LogP contribution in [0.4, 0.5) is 0 Å². The van der Waals surface area contributed by atoms with Gasteiger partial charge < -0.3 is 94.4 Å². The molecule has 694 valence electrons. The third kappa shape index (κ3) is 27.8. The van der Waals surface area contributed by atoms with E-state index in [1.165, 1.54) is 26.4 Å². The second-order valence-electron chi connectivity index (χ2n) is 36.7. The molecule has 3 heterocycles. The summed E-state index contributed by atoms with van der Waals surface area (Å²) < 4.78 is 0. The summed E-state index contributed by atoms with van der Waals surface area (Å²) in [6.45, 7) is 18.4. The van der Waals surface area contributed by atoms with Crippen LogP contribution in [0.15, 0.2) is 73.3 Å². The van der Waals surface area contributed by atoms with Gasteiger partial charge in [0.25, 0.3) is 0 Å². The fraction of sp³-hybridized carbons (Fsp3) is 0.652. The number of rotatable bonds is 43. The van der Waals surface area contributed by atoms with Gasteiger partial charge in [-0.25, -0.2) is 9.78 Å². The summed E-state index contributed by atoms with van der Waals surface area (Å²) in [5.41, 5.74) is 7.24. The molecular weight excluding hydrogens is 1630 g/mol. The summed E-state index contributed by atoms with van der Waals surface area (Å²) in [7, 11) is 0. The molecule has 37 heteroatoms. The van der Waals surface area contributed by atoms with Crippen molar-refractivity contribution in [1.82, 2.24) is 88.1 Å². The number of benzene rings is 2. The Morgan fingerprint density at radius 3 is 1.77 bits per heavy atom. The van der Waals surface area contributed by atoms with Crippen molar-refractivity contribution in [2.45, 2.75) is 225 Å². The Bertz CT molecular complexity index is 4400. The number of Topliss-reactive ketones (excluding diaryl/α,β-unsaturated/α-hetero) is 1. The molecule has 4 saturated carbocycles. The van der Waals surface area contributed by atoms with E-state index in [1.807, 2.05) is 23.1 Å². The minimum absolute atomic E-state index is 0.00131. The van der Waals surface area contributed by atoms with Crippen LogP contribution in [0.3, 0.4) is 0 Å². The molecule has 1 aliphatic heterocycles. The molecule has 3 unspecified atom stereocenters. The summed E-state index contributed by atoms with van der Waals surface area (Å²) in [4.78, 5) is 204. The number of H-pyrrole nitrogens is 2. The number of nitrogens with one attached hydrogen (secondary N) is 13. The Kier molecular flexibility index (Phi) is 36.7. The molecule has 2 aromatic carbocycles. The number of nitrogens with two attached hydrogens (primary N) is 1. The lowest BCUT2D eigenvalue weighted by atomic mass is 9.43. The number of aromatic amines is 2. The number of aliphatic carboxylic acids is 3. The number of carbonyl (C=O) groups is 14. The smallest absolute Gasteiger partial charge is 0.326 e. The van der Waals surface area contributed by atoms with Crippen LogP contribution in [0.2, 0.25) is 0 Å². The third-order valence-corrected chi connectivity index (χ3v) is 26.9. The summed E-state index contributed by atoms with van der Waals surface area (Å²) in [6.07, 6.45) is 7.66. The summed E-state index contributed by atoms with van der Waals surface area (Å²) in [5.74, 6) is -11.3. The van der Waals surface area contributed by atoms with Crippen molar-refractivity contribution in [2.75, 3.05) is 85.1 Å². The van der Waals surface area contributed by atoms with E-state index in [4.69, 9.17) is 5.73 Å². The van der Waals surface area contributed by atoms with Crippen LogP contribution >= 0.6 is 0 Å². The molecular formula is C89H134N18O19. The summed E-state index contributed by atoms with van der Waals surface area (Å²) in [5, 5.41) is 85.5. The number of amides is 10. The molecule has 20 N–H and O–H groups in total. The number of primary amides is 1. The molecule has 126 heavy (non-hydrogen) atoms. The van der Waals surface area contributed by atoms with Crippen LogP contribution in [-0.4, -0.2) is 290 Å². The first-order chi connectivity index (χ1) is 59.8. The van der Waals surface area contributed by atoms with Crippen LogP contribution < -0.4 is 64.2 Å². The molecule has 0 radical (unpaired) electrons. The molecule has 9 rings (SSSR count). The zero-order chi connectivity index (χ0) is 91.9. The molecule has 37 nitrogen and oxygen atoms in total. The fourth-order valence-corrected chi connectivity index (χ4v) is 19.9. The highest BCUT2D eigenvalue weighted by atomic mass is 16.4. The van der Waals surface area contributed by atoms with Crippen molar-refractivity contribution < 1.29 is 92.7 Å². The van der Waals surface area contributed by atoms with Crippen LogP contribution in [0.1, 0.15) is 156 Å². The number of fused-ring (bicyclic) bond motifs is 6. The van der Waals surface area contributed by atoms with E-state index in [0.717, 1.165) is 30.2 Å². The van der Waals surface area contributed by atoms with Crippen molar-refractivity contribution >= 4 is 93.7 Å². The summed E-state index contributed by atoms with van der Waals surface area (Å²) in [6, 6.07) is 5.24. The normalized spacial score (nSPS) is 24.6. The number of ketones is 1. The van der Waals surface area contributed by atoms with E-state index in [1.54, 1.807) is 80.1 Å². The van der Waals surface area contributed by atoms with E-state index in [2.05, 4.69) is 94.2 Å². The maximum absolute atomic E-state index is 14.7. The van der Waals surface area contributed by atoms with Gasteiger partial charge in [-0.2, -0.15) is 0 Å². The average Bonchev–Trinajstić information content (AvgIpc) is 1.48. The van der Waals surface area contributed by atoms with Crippen LogP contribution in [0, 0.1) is 58.2 Å². The van der Waals surface area contributed by atoms with E-state index in [0.29, 0.717) is 101 Å². The van der Waals surface area contributed by atoms with Gasteiger partial charge >= 0.3 is 17.9 Å². The number of carboxylic acids is 3. The molecule has 1 saturated heterocycles. The lowest BCUT2D eigenvalue weighted by Crippen LogP contribution is -2.63. The van der Waals surface area contributed by atoms with Gasteiger partial charge in [-0.1, -0.05) is 97.0 Å². The Labute approximate surface area is 735 Å². The number of aliphatic hydroxyl groups excluding tert-OH is 2. The van der Waals surface area contributed by atoms with Gasteiger partial charge in [-0.05, 0) is 153 Å². The van der Waals surface area contributed by atoms with Gasteiger partial charge in [0.15, 0.2) is 0 Å². The summed E-state index contributed by atoms with van der Waals surface area (Å²) >= 11 is 0. The molecule has 4 aliphatic carbocycles. The Morgan fingerprint density at radius 2 is 1.15 bits per heavy atom. The average molecular weight is 1760 g/mol. The topological polar surface area (TPSA) is 553 Å². The second kappa shape index (κ2) is 46.4. The lowest BCUT2D eigenvalue weighted by molar-refractivity contribution is -0.202. The first-order valence-electron chi connectivity index (χ1n) is 44.5. The predicted molar refractivity (Wildman–Crippen MR) is 465 cm³/mol. The second-order valence-corrected chi connectivity index (χ2v) is 36.7. The van der Waals surface area contributed by atoms with Crippen LogP contribution in [0.25, 0.3) is 10.9 Å². The predicted octanol–water partition coefficient (Wildman–Crippen LogP) is 0.228. The minimum atomic E-state index is -1.38. The van der Waals surface area contributed by atoms with E-state index >= 15 is 0 Å². The highest BCUT2D eigenvalue weighted by molar-refractivity contribution is 5.98. The van der Waals surface area contributed by atoms with Crippen molar-refractivity contribution in [3.05, 3.63) is 90.1 Å². The zero-order valence-electron chi connectivity index (χ0n) is 74.0. The highest BCUT2D eigenvalue weighted by Gasteiger charge is 2.66. The number of carbonyl (C=O) groups excluding carboxylic acids is 11. The van der Waals surface area contributed by atoms with Crippen molar-refractivity contribution in [3.63, 3.8) is 0 Å². The van der Waals surface area contributed by atoms with Gasteiger partial charge in [-0.15, -0.1) is 0 Å². The monoisotopic (exact) mass is 1760 g/mol. The molecule has 4 aromatic rings. The number of aliphatic hydroxyl groups is 2. The highest BCUT2D eigenvalue weighted by Crippen LogP contribution is 2.68. The number of nitrogens with zero attached hydrogens (tertiary/aromatic N) is 4. The molecule has 0 bridgehead atoms. The first kappa shape index (κ1) is 99.5.